The lowest BCUT2D eigenvalue weighted by Gasteiger charge is -2.17. The molecular formula is C15H25NO2. The van der Waals surface area contributed by atoms with Crippen LogP contribution in [0.4, 0.5) is 0 Å². The van der Waals surface area contributed by atoms with Crippen molar-refractivity contribution in [1.82, 2.24) is 5.32 Å². The first-order chi connectivity index (χ1) is 8.65. The second-order valence-corrected chi connectivity index (χ2v) is 4.75. The standard InChI is InChI=1S/C15H25NO2/c1-12(2)18-10-9-14(16-3)11-13-5-7-15(17-4)8-6-13/h5-8,12,14,16H,9-11H2,1-4H3. The molecule has 1 N–H and O–H groups in total. The van der Waals surface area contributed by atoms with E-state index >= 15 is 0 Å². The summed E-state index contributed by atoms with van der Waals surface area (Å²) in [4.78, 5) is 0. The minimum absolute atomic E-state index is 0.309. The van der Waals surface area contributed by atoms with Crippen LogP contribution in [-0.2, 0) is 11.2 Å². The summed E-state index contributed by atoms with van der Waals surface area (Å²) in [5.41, 5.74) is 1.32. The molecule has 0 aliphatic rings. The minimum Gasteiger partial charge on any atom is -0.497 e. The van der Waals surface area contributed by atoms with Crippen LogP contribution in [-0.4, -0.2) is 32.9 Å². The molecule has 0 aromatic heterocycles. The number of hydrogen-bond acceptors (Lipinski definition) is 3. The molecule has 0 bridgehead atoms. The second-order valence-electron chi connectivity index (χ2n) is 4.75. The zero-order valence-electron chi connectivity index (χ0n) is 11.9. The van der Waals surface area contributed by atoms with E-state index < -0.39 is 0 Å². The molecule has 0 saturated carbocycles. The van der Waals surface area contributed by atoms with E-state index in [1.54, 1.807) is 7.11 Å². The Morgan fingerprint density at radius 3 is 2.33 bits per heavy atom. The quantitative estimate of drug-likeness (QED) is 0.770. The van der Waals surface area contributed by atoms with E-state index in [-0.39, 0.29) is 0 Å². The summed E-state index contributed by atoms with van der Waals surface area (Å²) in [6.45, 7) is 4.94. The van der Waals surface area contributed by atoms with Crippen molar-refractivity contribution in [2.24, 2.45) is 0 Å². The average molecular weight is 251 g/mol. The van der Waals surface area contributed by atoms with Gasteiger partial charge in [-0.15, -0.1) is 0 Å². The van der Waals surface area contributed by atoms with E-state index in [4.69, 9.17) is 9.47 Å². The Morgan fingerprint density at radius 1 is 1.17 bits per heavy atom. The molecule has 1 aromatic carbocycles. The Kier molecular flexibility index (Phi) is 6.76. The van der Waals surface area contributed by atoms with Crippen LogP contribution in [0, 0.1) is 0 Å². The highest BCUT2D eigenvalue weighted by molar-refractivity contribution is 5.27. The van der Waals surface area contributed by atoms with E-state index in [0.29, 0.717) is 12.1 Å². The first kappa shape index (κ1) is 15.0. The molecule has 0 aliphatic heterocycles. The second kappa shape index (κ2) is 8.11. The molecule has 1 unspecified atom stereocenters. The van der Waals surface area contributed by atoms with Crippen molar-refractivity contribution in [3.8, 4) is 5.75 Å². The maximum atomic E-state index is 5.59. The third-order valence-corrected chi connectivity index (χ3v) is 2.97. The van der Waals surface area contributed by atoms with Gasteiger partial charge in [0.1, 0.15) is 5.75 Å². The smallest absolute Gasteiger partial charge is 0.118 e. The van der Waals surface area contributed by atoms with Crippen molar-refractivity contribution in [1.29, 1.82) is 0 Å². The van der Waals surface area contributed by atoms with Gasteiger partial charge in [0.25, 0.3) is 0 Å². The van der Waals surface area contributed by atoms with Crippen LogP contribution in [0.3, 0.4) is 0 Å². The molecular weight excluding hydrogens is 226 g/mol. The van der Waals surface area contributed by atoms with Gasteiger partial charge in [0.05, 0.1) is 13.2 Å². The zero-order valence-corrected chi connectivity index (χ0v) is 11.9. The fourth-order valence-corrected chi connectivity index (χ4v) is 1.84. The van der Waals surface area contributed by atoms with Gasteiger partial charge in [-0.05, 0) is 51.4 Å². The summed E-state index contributed by atoms with van der Waals surface area (Å²) in [5.74, 6) is 0.905. The van der Waals surface area contributed by atoms with Crippen molar-refractivity contribution in [2.75, 3.05) is 20.8 Å². The Labute approximate surface area is 110 Å². The van der Waals surface area contributed by atoms with Crippen molar-refractivity contribution in [2.45, 2.75) is 38.8 Å². The van der Waals surface area contributed by atoms with Gasteiger partial charge in [0.2, 0.25) is 0 Å². The fourth-order valence-electron chi connectivity index (χ4n) is 1.84. The topological polar surface area (TPSA) is 30.5 Å². The summed E-state index contributed by atoms with van der Waals surface area (Å²) in [6.07, 6.45) is 2.35. The van der Waals surface area contributed by atoms with Gasteiger partial charge in [0.15, 0.2) is 0 Å². The third-order valence-electron chi connectivity index (χ3n) is 2.97. The molecule has 0 radical (unpaired) electrons. The van der Waals surface area contributed by atoms with Crippen LogP contribution >= 0.6 is 0 Å². The van der Waals surface area contributed by atoms with E-state index in [9.17, 15) is 0 Å². The van der Waals surface area contributed by atoms with Crippen molar-refractivity contribution in [3.63, 3.8) is 0 Å². The van der Waals surface area contributed by atoms with Gasteiger partial charge in [0, 0.05) is 12.6 Å². The molecule has 18 heavy (non-hydrogen) atoms. The highest BCUT2D eigenvalue weighted by Crippen LogP contribution is 2.13. The molecule has 0 saturated heterocycles. The molecule has 0 spiro atoms. The van der Waals surface area contributed by atoms with Crippen LogP contribution in [0.15, 0.2) is 24.3 Å². The maximum absolute atomic E-state index is 5.59. The molecule has 1 atom stereocenters. The highest BCUT2D eigenvalue weighted by atomic mass is 16.5. The Morgan fingerprint density at radius 2 is 1.83 bits per heavy atom. The van der Waals surface area contributed by atoms with Crippen LogP contribution in [0.5, 0.6) is 5.75 Å². The van der Waals surface area contributed by atoms with Gasteiger partial charge in [-0.2, -0.15) is 0 Å². The molecule has 0 fully saturated rings. The monoisotopic (exact) mass is 251 g/mol. The average Bonchev–Trinajstić information content (AvgIpc) is 2.38. The number of likely N-dealkylation sites (N-methyl/N-ethyl adjacent to an activating group) is 1. The van der Waals surface area contributed by atoms with E-state index in [1.165, 1.54) is 5.56 Å². The number of nitrogens with one attached hydrogen (secondary N) is 1. The van der Waals surface area contributed by atoms with Crippen LogP contribution in [0.25, 0.3) is 0 Å². The number of rotatable bonds is 8. The van der Waals surface area contributed by atoms with Crippen LogP contribution in [0.1, 0.15) is 25.8 Å². The molecule has 1 aromatic rings. The maximum Gasteiger partial charge on any atom is 0.118 e. The molecule has 1 rings (SSSR count). The summed E-state index contributed by atoms with van der Waals surface area (Å²) < 4.78 is 10.7. The summed E-state index contributed by atoms with van der Waals surface area (Å²) in [5, 5.41) is 3.34. The number of benzene rings is 1. The number of hydrogen-bond donors (Lipinski definition) is 1. The fraction of sp³-hybridized carbons (Fsp3) is 0.600. The van der Waals surface area contributed by atoms with E-state index in [0.717, 1.165) is 25.2 Å². The van der Waals surface area contributed by atoms with Gasteiger partial charge >= 0.3 is 0 Å². The summed E-state index contributed by atoms with van der Waals surface area (Å²) in [6, 6.07) is 8.70. The van der Waals surface area contributed by atoms with Crippen LogP contribution in [0.2, 0.25) is 0 Å². The molecule has 102 valence electrons. The van der Waals surface area contributed by atoms with E-state index in [2.05, 4.69) is 31.3 Å². The zero-order chi connectivity index (χ0) is 13.4. The predicted molar refractivity (Wildman–Crippen MR) is 75.3 cm³/mol. The SMILES string of the molecule is CNC(CCOC(C)C)Cc1ccc(OC)cc1. The lowest BCUT2D eigenvalue weighted by molar-refractivity contribution is 0.0720. The number of methoxy groups -OCH3 is 1. The van der Waals surface area contributed by atoms with Gasteiger partial charge in [-0.3, -0.25) is 0 Å². The molecule has 0 aliphatic carbocycles. The van der Waals surface area contributed by atoms with Crippen molar-refractivity contribution >= 4 is 0 Å². The van der Waals surface area contributed by atoms with E-state index in [1.807, 2.05) is 19.2 Å². The normalized spacial score (nSPS) is 12.7. The van der Waals surface area contributed by atoms with Crippen molar-refractivity contribution < 1.29 is 9.47 Å². The third kappa shape index (κ3) is 5.52. The summed E-state index contributed by atoms with van der Waals surface area (Å²) >= 11 is 0. The minimum atomic E-state index is 0.309. The van der Waals surface area contributed by atoms with Gasteiger partial charge in [-0.1, -0.05) is 12.1 Å². The Balaban J connectivity index is 2.41. The first-order valence-corrected chi connectivity index (χ1v) is 6.57. The molecule has 3 heteroatoms. The lowest BCUT2D eigenvalue weighted by atomic mass is 10.0. The van der Waals surface area contributed by atoms with Crippen LogP contribution < -0.4 is 10.1 Å². The largest absolute Gasteiger partial charge is 0.497 e. The Bertz CT molecular complexity index is 322. The van der Waals surface area contributed by atoms with Gasteiger partial charge < -0.3 is 14.8 Å². The molecule has 3 nitrogen and oxygen atoms in total. The molecule has 0 heterocycles. The number of ether oxygens (including phenoxy) is 2. The lowest BCUT2D eigenvalue weighted by Crippen LogP contribution is -2.29. The predicted octanol–water partition coefficient (Wildman–Crippen LogP) is 2.64. The summed E-state index contributed by atoms with van der Waals surface area (Å²) in [7, 11) is 3.69. The molecule has 0 amide bonds. The van der Waals surface area contributed by atoms with Crippen molar-refractivity contribution in [3.05, 3.63) is 29.8 Å². The van der Waals surface area contributed by atoms with Gasteiger partial charge in [-0.25, -0.2) is 0 Å². The Hall–Kier alpha value is -1.06. The highest BCUT2D eigenvalue weighted by Gasteiger charge is 2.08. The first-order valence-electron chi connectivity index (χ1n) is 6.57.